The van der Waals surface area contributed by atoms with Crippen LogP contribution in [0.1, 0.15) is 42.5 Å². The van der Waals surface area contributed by atoms with Gasteiger partial charge in [0.25, 0.3) is 5.56 Å². The fraction of sp³-hybridized carbons (Fsp3) is 0.294. The number of H-pyrrole nitrogens is 1. The predicted molar refractivity (Wildman–Crippen MR) is 95.1 cm³/mol. The summed E-state index contributed by atoms with van der Waals surface area (Å²) in [6, 6.07) is 7.21. The standard InChI is InChI=1S/C17H20ClN5O/c1-4-12-5-6-13(14(18)7-12)10(2)20-9-16(23-19)15-8-17(24)22-11(3)21-15/h5-10,19-20H,4H2,1-3H3,(H,21,22,24)/b16-9-,23-19?. The van der Waals surface area contributed by atoms with Gasteiger partial charge in [0.15, 0.2) is 0 Å². The van der Waals surface area contributed by atoms with Gasteiger partial charge in [-0.05, 0) is 37.5 Å². The van der Waals surface area contributed by atoms with E-state index in [1.54, 1.807) is 13.1 Å². The summed E-state index contributed by atoms with van der Waals surface area (Å²) in [6.45, 7) is 5.72. The number of aromatic amines is 1. The fourth-order valence-corrected chi connectivity index (χ4v) is 2.68. The summed E-state index contributed by atoms with van der Waals surface area (Å²) >= 11 is 6.33. The van der Waals surface area contributed by atoms with Gasteiger partial charge in [-0.15, -0.1) is 0 Å². The van der Waals surface area contributed by atoms with Gasteiger partial charge in [-0.25, -0.2) is 10.5 Å². The minimum atomic E-state index is -0.279. The molecule has 0 amide bonds. The van der Waals surface area contributed by atoms with Crippen LogP contribution in [0.2, 0.25) is 5.02 Å². The molecule has 0 saturated heterocycles. The quantitative estimate of drug-likeness (QED) is 0.691. The average Bonchev–Trinajstić information content (AvgIpc) is 2.54. The van der Waals surface area contributed by atoms with Crippen LogP contribution in [0.3, 0.4) is 0 Å². The first-order valence-electron chi connectivity index (χ1n) is 7.65. The number of aryl methyl sites for hydroxylation is 2. The number of hydrogen-bond acceptors (Lipinski definition) is 5. The monoisotopic (exact) mass is 345 g/mol. The molecule has 0 aliphatic carbocycles. The van der Waals surface area contributed by atoms with E-state index in [0.717, 1.165) is 12.0 Å². The van der Waals surface area contributed by atoms with Crippen molar-refractivity contribution in [3.05, 3.63) is 68.5 Å². The lowest BCUT2D eigenvalue weighted by Crippen LogP contribution is -2.14. The summed E-state index contributed by atoms with van der Waals surface area (Å²) < 4.78 is 0. The average molecular weight is 346 g/mol. The molecule has 0 spiro atoms. The fourth-order valence-electron chi connectivity index (χ4n) is 2.31. The normalized spacial score (nSPS) is 12.8. The Morgan fingerprint density at radius 2 is 2.25 bits per heavy atom. The molecule has 7 heteroatoms. The molecule has 2 aromatic rings. The van der Waals surface area contributed by atoms with Crippen LogP contribution >= 0.6 is 11.6 Å². The zero-order valence-corrected chi connectivity index (χ0v) is 14.6. The van der Waals surface area contributed by atoms with Crippen LogP contribution in [0.25, 0.3) is 5.70 Å². The highest BCUT2D eigenvalue weighted by molar-refractivity contribution is 6.31. The van der Waals surface area contributed by atoms with Crippen molar-refractivity contribution in [3.63, 3.8) is 0 Å². The molecule has 0 aliphatic heterocycles. The highest BCUT2D eigenvalue weighted by atomic mass is 35.5. The lowest BCUT2D eigenvalue weighted by molar-refractivity contribution is 0.685. The molecule has 1 atom stereocenters. The summed E-state index contributed by atoms with van der Waals surface area (Å²) in [6.07, 6.45) is 2.50. The zero-order chi connectivity index (χ0) is 17.7. The second-order valence-corrected chi connectivity index (χ2v) is 5.86. The van der Waals surface area contributed by atoms with Crippen molar-refractivity contribution in [2.75, 3.05) is 0 Å². The van der Waals surface area contributed by atoms with Gasteiger partial charge in [-0.2, -0.15) is 5.11 Å². The molecule has 0 fully saturated rings. The van der Waals surface area contributed by atoms with E-state index in [-0.39, 0.29) is 17.3 Å². The van der Waals surface area contributed by atoms with Crippen LogP contribution in [0.15, 0.2) is 40.4 Å². The van der Waals surface area contributed by atoms with Gasteiger partial charge >= 0.3 is 0 Å². The summed E-state index contributed by atoms with van der Waals surface area (Å²) in [4.78, 5) is 18.3. The summed E-state index contributed by atoms with van der Waals surface area (Å²) in [5, 5.41) is 7.30. The number of halogens is 1. The Kier molecular flexibility index (Phi) is 5.87. The van der Waals surface area contributed by atoms with Crippen LogP contribution in [0, 0.1) is 12.5 Å². The van der Waals surface area contributed by atoms with E-state index in [4.69, 9.17) is 17.1 Å². The third-order valence-electron chi connectivity index (χ3n) is 3.65. The zero-order valence-electron chi connectivity index (χ0n) is 13.9. The van der Waals surface area contributed by atoms with E-state index in [0.29, 0.717) is 16.5 Å². The van der Waals surface area contributed by atoms with Crippen LogP contribution < -0.4 is 10.9 Å². The van der Waals surface area contributed by atoms with Crippen LogP contribution in [0.5, 0.6) is 0 Å². The maximum Gasteiger partial charge on any atom is 0.251 e. The number of aromatic nitrogens is 2. The second-order valence-electron chi connectivity index (χ2n) is 5.46. The Balaban J connectivity index is 2.23. The molecule has 0 saturated carbocycles. The molecule has 1 heterocycles. The first-order valence-corrected chi connectivity index (χ1v) is 8.02. The highest BCUT2D eigenvalue weighted by Gasteiger charge is 2.10. The molecule has 0 aliphatic rings. The van der Waals surface area contributed by atoms with Crippen LogP contribution in [0.4, 0.5) is 0 Å². The molecule has 0 radical (unpaired) electrons. The van der Waals surface area contributed by atoms with E-state index >= 15 is 0 Å². The van der Waals surface area contributed by atoms with Crippen LogP contribution in [-0.2, 0) is 6.42 Å². The number of hydrogen-bond donors (Lipinski definition) is 3. The highest BCUT2D eigenvalue weighted by Crippen LogP contribution is 2.25. The van der Waals surface area contributed by atoms with E-state index in [9.17, 15) is 4.79 Å². The molecule has 3 N–H and O–H groups in total. The lowest BCUT2D eigenvalue weighted by atomic mass is 10.0. The molecule has 6 nitrogen and oxygen atoms in total. The first-order chi connectivity index (χ1) is 11.4. The van der Waals surface area contributed by atoms with Gasteiger partial charge in [0, 0.05) is 23.3 Å². The van der Waals surface area contributed by atoms with Crippen molar-refractivity contribution < 1.29 is 0 Å². The Morgan fingerprint density at radius 1 is 1.50 bits per heavy atom. The van der Waals surface area contributed by atoms with Gasteiger partial charge in [0.2, 0.25) is 0 Å². The van der Waals surface area contributed by atoms with Gasteiger partial charge in [0.1, 0.15) is 11.5 Å². The smallest absolute Gasteiger partial charge is 0.251 e. The van der Waals surface area contributed by atoms with Gasteiger partial charge < -0.3 is 10.3 Å². The first kappa shape index (κ1) is 17.9. The Labute approximate surface area is 145 Å². The Morgan fingerprint density at radius 3 is 2.83 bits per heavy atom. The maximum absolute atomic E-state index is 11.5. The Bertz CT molecular complexity index is 828. The van der Waals surface area contributed by atoms with Gasteiger partial charge in [-0.1, -0.05) is 30.7 Å². The minimum absolute atomic E-state index is 0.0803. The van der Waals surface area contributed by atoms with E-state index in [1.165, 1.54) is 11.6 Å². The van der Waals surface area contributed by atoms with E-state index in [1.807, 2.05) is 25.1 Å². The minimum Gasteiger partial charge on any atom is -0.382 e. The molecular formula is C17H20ClN5O. The molecule has 2 rings (SSSR count). The third-order valence-corrected chi connectivity index (χ3v) is 3.98. The number of benzene rings is 1. The number of nitrogens with zero attached hydrogens (tertiary/aromatic N) is 2. The van der Waals surface area contributed by atoms with Gasteiger partial charge in [0.05, 0.1) is 5.69 Å². The van der Waals surface area contributed by atoms with Crippen LogP contribution in [-0.4, -0.2) is 9.97 Å². The molecule has 1 unspecified atom stereocenters. The van der Waals surface area contributed by atoms with Crippen molar-refractivity contribution in [2.45, 2.75) is 33.2 Å². The van der Waals surface area contributed by atoms with E-state index < -0.39 is 0 Å². The Hall–Kier alpha value is -2.47. The van der Waals surface area contributed by atoms with Crippen molar-refractivity contribution in [3.8, 4) is 0 Å². The van der Waals surface area contributed by atoms with Gasteiger partial charge in [-0.3, -0.25) is 4.79 Å². The van der Waals surface area contributed by atoms with Crippen molar-refractivity contribution in [2.24, 2.45) is 5.11 Å². The second kappa shape index (κ2) is 7.88. The lowest BCUT2D eigenvalue weighted by Gasteiger charge is -2.15. The molecule has 1 aromatic heterocycles. The molecule has 1 aromatic carbocycles. The topological polar surface area (TPSA) is 94.0 Å². The molecule has 24 heavy (non-hydrogen) atoms. The van der Waals surface area contributed by atoms with Crippen molar-refractivity contribution in [1.82, 2.24) is 15.3 Å². The predicted octanol–water partition coefficient (Wildman–Crippen LogP) is 3.97. The molecule has 0 bridgehead atoms. The summed E-state index contributed by atoms with van der Waals surface area (Å²) in [5.74, 6) is 0.471. The van der Waals surface area contributed by atoms with Crippen molar-refractivity contribution >= 4 is 17.3 Å². The molecular weight excluding hydrogens is 326 g/mol. The van der Waals surface area contributed by atoms with Crippen molar-refractivity contribution in [1.29, 1.82) is 5.53 Å². The summed E-state index contributed by atoms with van der Waals surface area (Å²) in [5.41, 5.74) is 9.79. The largest absolute Gasteiger partial charge is 0.382 e. The number of rotatable bonds is 6. The summed E-state index contributed by atoms with van der Waals surface area (Å²) in [7, 11) is 0. The third kappa shape index (κ3) is 4.29. The SMILES string of the molecule is CCc1ccc(C(C)N/C=C(\N=N)c2cc(=O)[nH]c(C)n2)c(Cl)c1. The maximum atomic E-state index is 11.5. The van der Waals surface area contributed by atoms with E-state index in [2.05, 4.69) is 27.3 Å². The number of nitrogens with one attached hydrogen (secondary N) is 3. The molecule has 126 valence electrons.